The Morgan fingerprint density at radius 1 is 1.05 bits per heavy atom. The molecule has 0 saturated heterocycles. The smallest absolute Gasteiger partial charge is 0.124 e. The maximum atomic E-state index is 13.1. The lowest BCUT2D eigenvalue weighted by Gasteiger charge is -2.15. The topological polar surface area (TPSA) is 9.23 Å². The monoisotopic (exact) mass is 406 g/mol. The summed E-state index contributed by atoms with van der Waals surface area (Å²) in [5.41, 5.74) is 1.71. The number of hydrogen-bond donors (Lipinski definition) is 0. The minimum absolute atomic E-state index is 0.298. The minimum atomic E-state index is -0.379. The van der Waals surface area contributed by atoms with Crippen molar-refractivity contribution in [3.8, 4) is 5.75 Å². The Bertz CT molecular complexity index is 604. The second kappa shape index (κ2) is 6.25. The molecule has 2 aromatic carbocycles. The van der Waals surface area contributed by atoms with Gasteiger partial charge in [0.15, 0.2) is 0 Å². The van der Waals surface area contributed by atoms with Crippen molar-refractivity contribution in [2.45, 2.75) is 5.38 Å². The Morgan fingerprint density at radius 2 is 1.63 bits per heavy atom. The van der Waals surface area contributed by atoms with Gasteiger partial charge >= 0.3 is 0 Å². The Kier molecular flexibility index (Phi) is 4.87. The SMILES string of the molecule is COc1ccc(C(Cl)c2ccc(F)cc2Br)c(Br)c1. The summed E-state index contributed by atoms with van der Waals surface area (Å²) in [4.78, 5) is 0. The van der Waals surface area contributed by atoms with Crippen molar-refractivity contribution < 1.29 is 9.13 Å². The molecule has 1 nitrogen and oxygen atoms in total. The second-order valence-corrected chi connectivity index (χ2v) is 6.06. The number of benzene rings is 2. The molecule has 0 aromatic heterocycles. The van der Waals surface area contributed by atoms with Gasteiger partial charge in [-0.05, 0) is 35.4 Å². The van der Waals surface area contributed by atoms with E-state index in [4.69, 9.17) is 16.3 Å². The first kappa shape index (κ1) is 14.8. The zero-order valence-electron chi connectivity index (χ0n) is 9.96. The fourth-order valence-electron chi connectivity index (χ4n) is 1.71. The van der Waals surface area contributed by atoms with E-state index in [0.29, 0.717) is 4.47 Å². The molecule has 0 heterocycles. The third kappa shape index (κ3) is 3.30. The fourth-order valence-corrected chi connectivity index (χ4v) is 3.53. The van der Waals surface area contributed by atoms with E-state index in [-0.39, 0.29) is 11.2 Å². The summed E-state index contributed by atoms with van der Waals surface area (Å²) in [6, 6.07) is 10.0. The minimum Gasteiger partial charge on any atom is -0.497 e. The van der Waals surface area contributed by atoms with Crippen molar-refractivity contribution in [1.82, 2.24) is 0 Å². The molecule has 2 rings (SSSR count). The summed E-state index contributed by atoms with van der Waals surface area (Å²) in [5.74, 6) is 0.450. The van der Waals surface area contributed by atoms with Crippen molar-refractivity contribution in [2.75, 3.05) is 7.11 Å². The highest BCUT2D eigenvalue weighted by Gasteiger charge is 2.17. The summed E-state index contributed by atoms with van der Waals surface area (Å²) < 4.78 is 19.7. The number of ether oxygens (including phenoxy) is 1. The molecule has 5 heteroatoms. The molecule has 0 fully saturated rings. The molecule has 0 aliphatic rings. The van der Waals surface area contributed by atoms with Crippen molar-refractivity contribution in [1.29, 1.82) is 0 Å². The predicted octanol–water partition coefficient (Wildman–Crippen LogP) is 5.69. The summed E-state index contributed by atoms with van der Waals surface area (Å²) >= 11 is 13.3. The van der Waals surface area contributed by atoms with Crippen LogP contribution in [0, 0.1) is 5.82 Å². The highest BCUT2D eigenvalue weighted by atomic mass is 79.9. The van der Waals surface area contributed by atoms with Gasteiger partial charge in [0.1, 0.15) is 11.6 Å². The largest absolute Gasteiger partial charge is 0.497 e. The highest BCUT2D eigenvalue weighted by Crippen LogP contribution is 2.38. The molecule has 2 aromatic rings. The van der Waals surface area contributed by atoms with Gasteiger partial charge in [0.25, 0.3) is 0 Å². The van der Waals surface area contributed by atoms with Gasteiger partial charge in [-0.2, -0.15) is 0 Å². The van der Waals surface area contributed by atoms with Crippen molar-refractivity contribution in [2.24, 2.45) is 0 Å². The quantitative estimate of drug-likeness (QED) is 0.593. The predicted molar refractivity (Wildman–Crippen MR) is 82.5 cm³/mol. The lowest BCUT2D eigenvalue weighted by Crippen LogP contribution is -1.97. The number of halogens is 4. The van der Waals surface area contributed by atoms with Crippen molar-refractivity contribution in [3.63, 3.8) is 0 Å². The van der Waals surface area contributed by atoms with E-state index >= 15 is 0 Å². The molecule has 100 valence electrons. The Labute approximate surface area is 133 Å². The Morgan fingerprint density at radius 3 is 2.16 bits per heavy atom. The Balaban J connectivity index is 2.41. The molecule has 0 radical (unpaired) electrons. The molecule has 1 atom stereocenters. The molecule has 0 spiro atoms. The summed E-state index contributed by atoms with van der Waals surface area (Å²) in [7, 11) is 1.61. The van der Waals surface area contributed by atoms with Crippen LogP contribution in [0.2, 0.25) is 0 Å². The van der Waals surface area contributed by atoms with Crippen LogP contribution in [0.3, 0.4) is 0 Å². The van der Waals surface area contributed by atoms with Gasteiger partial charge in [-0.3, -0.25) is 0 Å². The third-order valence-corrected chi connectivity index (χ3v) is 4.56. The maximum absolute atomic E-state index is 13.1. The van der Waals surface area contributed by atoms with E-state index in [9.17, 15) is 4.39 Å². The van der Waals surface area contributed by atoms with Crippen LogP contribution in [0.25, 0.3) is 0 Å². The van der Waals surface area contributed by atoms with Crippen LogP contribution < -0.4 is 4.74 Å². The zero-order valence-corrected chi connectivity index (χ0v) is 13.9. The van der Waals surface area contributed by atoms with Crippen molar-refractivity contribution in [3.05, 3.63) is 62.3 Å². The molecule has 0 saturated carbocycles. The van der Waals surface area contributed by atoms with E-state index in [0.717, 1.165) is 21.3 Å². The zero-order chi connectivity index (χ0) is 14.0. The summed E-state index contributed by atoms with van der Waals surface area (Å²) in [6.45, 7) is 0. The third-order valence-electron chi connectivity index (χ3n) is 2.72. The van der Waals surface area contributed by atoms with E-state index in [1.165, 1.54) is 12.1 Å². The van der Waals surface area contributed by atoms with Crippen LogP contribution in [0.1, 0.15) is 16.5 Å². The van der Waals surface area contributed by atoms with Crippen LogP contribution in [0.15, 0.2) is 45.3 Å². The summed E-state index contributed by atoms with van der Waals surface area (Å²) in [5, 5.41) is -0.379. The Hall–Kier alpha value is -0.580. The fraction of sp³-hybridized carbons (Fsp3) is 0.143. The normalized spacial score (nSPS) is 12.3. The van der Waals surface area contributed by atoms with Gasteiger partial charge in [-0.1, -0.05) is 44.0 Å². The molecule has 0 bridgehead atoms. The van der Waals surface area contributed by atoms with E-state index in [2.05, 4.69) is 31.9 Å². The van der Waals surface area contributed by atoms with Crippen LogP contribution in [0.4, 0.5) is 4.39 Å². The molecule has 0 amide bonds. The molecule has 0 N–H and O–H groups in total. The van der Waals surface area contributed by atoms with Gasteiger partial charge in [0, 0.05) is 8.95 Å². The van der Waals surface area contributed by atoms with E-state index in [1.807, 2.05) is 18.2 Å². The van der Waals surface area contributed by atoms with Gasteiger partial charge in [-0.15, -0.1) is 11.6 Å². The van der Waals surface area contributed by atoms with Gasteiger partial charge < -0.3 is 4.74 Å². The molecular weight excluding hydrogens is 398 g/mol. The first-order valence-corrected chi connectivity index (χ1v) is 7.47. The lowest BCUT2D eigenvalue weighted by molar-refractivity contribution is 0.414. The number of rotatable bonds is 3. The summed E-state index contributed by atoms with van der Waals surface area (Å²) in [6.07, 6.45) is 0. The first-order chi connectivity index (χ1) is 9.02. The van der Waals surface area contributed by atoms with Crippen molar-refractivity contribution >= 4 is 43.5 Å². The van der Waals surface area contributed by atoms with Crippen LogP contribution in [0.5, 0.6) is 5.75 Å². The lowest BCUT2D eigenvalue weighted by atomic mass is 10.0. The molecule has 1 unspecified atom stereocenters. The van der Waals surface area contributed by atoms with Crippen LogP contribution in [-0.4, -0.2) is 7.11 Å². The van der Waals surface area contributed by atoms with Gasteiger partial charge in [-0.25, -0.2) is 4.39 Å². The van der Waals surface area contributed by atoms with E-state index in [1.54, 1.807) is 13.2 Å². The second-order valence-electron chi connectivity index (χ2n) is 3.92. The number of methoxy groups -OCH3 is 1. The number of alkyl halides is 1. The van der Waals surface area contributed by atoms with Crippen LogP contribution >= 0.6 is 43.5 Å². The molecule has 0 aliphatic carbocycles. The molecule has 19 heavy (non-hydrogen) atoms. The number of hydrogen-bond acceptors (Lipinski definition) is 1. The highest BCUT2D eigenvalue weighted by molar-refractivity contribution is 9.10. The van der Waals surface area contributed by atoms with Gasteiger partial charge in [0.05, 0.1) is 12.5 Å². The maximum Gasteiger partial charge on any atom is 0.124 e. The van der Waals surface area contributed by atoms with Crippen LogP contribution in [-0.2, 0) is 0 Å². The first-order valence-electron chi connectivity index (χ1n) is 5.45. The standard InChI is InChI=1S/C14H10Br2ClFO/c1-19-9-3-5-11(13(16)7-9)14(17)10-4-2-8(18)6-12(10)15/h2-7,14H,1H3. The molecule has 0 aliphatic heterocycles. The average Bonchev–Trinajstić information content (AvgIpc) is 2.37. The average molecular weight is 408 g/mol. The van der Waals surface area contributed by atoms with E-state index < -0.39 is 0 Å². The van der Waals surface area contributed by atoms with Gasteiger partial charge in [0.2, 0.25) is 0 Å². The molecular formula is C14H10Br2ClFO.